The molecule has 1 N–H and O–H groups in total. The van der Waals surface area contributed by atoms with Crippen molar-refractivity contribution in [2.75, 3.05) is 7.11 Å². The molecule has 96 valence electrons. The molecule has 19 heavy (non-hydrogen) atoms. The molecule has 0 aliphatic carbocycles. The van der Waals surface area contributed by atoms with Gasteiger partial charge in [0.25, 0.3) is 0 Å². The van der Waals surface area contributed by atoms with E-state index in [2.05, 4.69) is 0 Å². The van der Waals surface area contributed by atoms with Gasteiger partial charge in [-0.05, 0) is 28.3 Å². The van der Waals surface area contributed by atoms with Crippen LogP contribution in [0.2, 0.25) is 0 Å². The summed E-state index contributed by atoms with van der Waals surface area (Å²) in [6.45, 7) is 0. The Balaban J connectivity index is 2.25. The SMILES string of the molecule is COc1ccc2ccccc2c1C(O)c1cccs1. The molecule has 1 atom stereocenters. The van der Waals surface area contributed by atoms with Gasteiger partial charge in [-0.25, -0.2) is 0 Å². The van der Waals surface area contributed by atoms with Crippen LogP contribution in [0.15, 0.2) is 53.9 Å². The van der Waals surface area contributed by atoms with Crippen molar-refractivity contribution in [3.8, 4) is 5.75 Å². The molecule has 3 heteroatoms. The third-order valence-corrected chi connectivity index (χ3v) is 4.16. The van der Waals surface area contributed by atoms with Gasteiger partial charge in [-0.15, -0.1) is 11.3 Å². The zero-order valence-electron chi connectivity index (χ0n) is 10.5. The van der Waals surface area contributed by atoms with Gasteiger partial charge in [-0.2, -0.15) is 0 Å². The van der Waals surface area contributed by atoms with Gasteiger partial charge >= 0.3 is 0 Å². The van der Waals surface area contributed by atoms with E-state index in [9.17, 15) is 5.11 Å². The van der Waals surface area contributed by atoms with Crippen LogP contribution in [0.25, 0.3) is 10.8 Å². The van der Waals surface area contributed by atoms with Crippen LogP contribution in [0.1, 0.15) is 16.5 Å². The molecule has 1 unspecified atom stereocenters. The maximum absolute atomic E-state index is 10.6. The number of benzene rings is 2. The molecule has 2 nitrogen and oxygen atoms in total. The summed E-state index contributed by atoms with van der Waals surface area (Å²) >= 11 is 1.55. The van der Waals surface area contributed by atoms with Crippen LogP contribution >= 0.6 is 11.3 Å². The molecule has 0 amide bonds. The van der Waals surface area contributed by atoms with Crippen molar-refractivity contribution in [3.63, 3.8) is 0 Å². The van der Waals surface area contributed by atoms with Crippen LogP contribution in [0.5, 0.6) is 5.75 Å². The first-order chi connectivity index (χ1) is 9.31. The van der Waals surface area contributed by atoms with Gasteiger partial charge < -0.3 is 9.84 Å². The van der Waals surface area contributed by atoms with Crippen LogP contribution < -0.4 is 4.74 Å². The molecule has 0 aliphatic heterocycles. The Hall–Kier alpha value is -1.84. The van der Waals surface area contributed by atoms with E-state index in [0.29, 0.717) is 0 Å². The summed E-state index contributed by atoms with van der Waals surface area (Å²) in [5, 5.41) is 14.7. The van der Waals surface area contributed by atoms with E-state index < -0.39 is 6.10 Å². The van der Waals surface area contributed by atoms with Gasteiger partial charge in [0.2, 0.25) is 0 Å². The average Bonchev–Trinajstić information content (AvgIpc) is 2.99. The van der Waals surface area contributed by atoms with E-state index in [4.69, 9.17) is 4.74 Å². The normalized spacial score (nSPS) is 12.5. The molecule has 1 aromatic heterocycles. The van der Waals surface area contributed by atoms with Crippen molar-refractivity contribution in [1.82, 2.24) is 0 Å². The minimum absolute atomic E-state index is 0.652. The summed E-state index contributed by atoms with van der Waals surface area (Å²) in [6.07, 6.45) is -0.652. The summed E-state index contributed by atoms with van der Waals surface area (Å²) in [7, 11) is 1.63. The lowest BCUT2D eigenvalue weighted by Gasteiger charge is -2.16. The molecule has 0 aliphatic rings. The third-order valence-electron chi connectivity index (χ3n) is 3.24. The molecule has 0 radical (unpaired) electrons. The summed E-state index contributed by atoms with van der Waals surface area (Å²) in [6, 6.07) is 15.8. The topological polar surface area (TPSA) is 29.5 Å². The van der Waals surface area contributed by atoms with Gasteiger partial charge in [-0.1, -0.05) is 36.4 Å². The van der Waals surface area contributed by atoms with E-state index in [1.807, 2.05) is 53.9 Å². The largest absolute Gasteiger partial charge is 0.496 e. The number of aliphatic hydroxyl groups excluding tert-OH is 1. The summed E-state index contributed by atoms with van der Waals surface area (Å²) in [4.78, 5) is 0.926. The molecule has 0 spiro atoms. The van der Waals surface area contributed by atoms with Crippen molar-refractivity contribution in [3.05, 3.63) is 64.4 Å². The van der Waals surface area contributed by atoms with Gasteiger partial charge in [0.05, 0.1) is 7.11 Å². The Morgan fingerprint density at radius 3 is 2.63 bits per heavy atom. The highest BCUT2D eigenvalue weighted by molar-refractivity contribution is 7.10. The van der Waals surface area contributed by atoms with Crippen LogP contribution in [0, 0.1) is 0 Å². The monoisotopic (exact) mass is 270 g/mol. The summed E-state index contributed by atoms with van der Waals surface area (Å²) in [5.74, 6) is 0.722. The first-order valence-corrected chi connectivity index (χ1v) is 6.96. The average molecular weight is 270 g/mol. The smallest absolute Gasteiger partial charge is 0.125 e. The number of methoxy groups -OCH3 is 1. The van der Waals surface area contributed by atoms with Crippen LogP contribution in [0.3, 0.4) is 0 Å². The molecule has 3 rings (SSSR count). The molecule has 0 saturated heterocycles. The van der Waals surface area contributed by atoms with Gasteiger partial charge in [-0.3, -0.25) is 0 Å². The predicted molar refractivity (Wildman–Crippen MR) is 78.9 cm³/mol. The Labute approximate surface area is 115 Å². The highest BCUT2D eigenvalue weighted by atomic mass is 32.1. The van der Waals surface area contributed by atoms with E-state index in [0.717, 1.165) is 27.0 Å². The number of hydrogen-bond acceptors (Lipinski definition) is 3. The predicted octanol–water partition coefficient (Wildman–Crippen LogP) is 3.99. The van der Waals surface area contributed by atoms with Crippen molar-refractivity contribution in [2.24, 2.45) is 0 Å². The van der Waals surface area contributed by atoms with E-state index in [-0.39, 0.29) is 0 Å². The van der Waals surface area contributed by atoms with Crippen molar-refractivity contribution in [2.45, 2.75) is 6.10 Å². The Morgan fingerprint density at radius 2 is 1.89 bits per heavy atom. The van der Waals surface area contributed by atoms with Crippen LogP contribution in [-0.2, 0) is 0 Å². The van der Waals surface area contributed by atoms with Crippen molar-refractivity contribution >= 4 is 22.1 Å². The van der Waals surface area contributed by atoms with E-state index >= 15 is 0 Å². The quantitative estimate of drug-likeness (QED) is 0.779. The maximum atomic E-state index is 10.6. The maximum Gasteiger partial charge on any atom is 0.125 e. The second kappa shape index (κ2) is 5.03. The molecule has 2 aromatic carbocycles. The lowest BCUT2D eigenvalue weighted by molar-refractivity contribution is 0.220. The Kier molecular flexibility index (Phi) is 3.23. The van der Waals surface area contributed by atoms with Crippen molar-refractivity contribution < 1.29 is 9.84 Å². The lowest BCUT2D eigenvalue weighted by Crippen LogP contribution is -2.01. The number of aliphatic hydroxyl groups is 1. The molecular weight excluding hydrogens is 256 g/mol. The van der Waals surface area contributed by atoms with Gasteiger partial charge in [0.15, 0.2) is 0 Å². The zero-order chi connectivity index (χ0) is 13.2. The molecule has 0 fully saturated rings. The molecular formula is C16H14O2S. The lowest BCUT2D eigenvalue weighted by atomic mass is 9.98. The minimum Gasteiger partial charge on any atom is -0.496 e. The fraction of sp³-hybridized carbons (Fsp3) is 0.125. The second-order valence-corrected chi connectivity index (χ2v) is 5.30. The first kappa shape index (κ1) is 12.2. The standard InChI is InChI=1S/C16H14O2S/c1-18-13-9-8-11-5-2-3-6-12(11)15(13)16(17)14-7-4-10-19-14/h2-10,16-17H,1H3. The van der Waals surface area contributed by atoms with E-state index in [1.165, 1.54) is 0 Å². The second-order valence-electron chi connectivity index (χ2n) is 4.32. The fourth-order valence-corrected chi connectivity index (χ4v) is 3.04. The molecule has 0 bridgehead atoms. The number of hydrogen-bond donors (Lipinski definition) is 1. The summed E-state index contributed by atoms with van der Waals surface area (Å²) < 4.78 is 5.42. The summed E-state index contributed by atoms with van der Waals surface area (Å²) in [5.41, 5.74) is 0.836. The fourth-order valence-electron chi connectivity index (χ4n) is 2.32. The zero-order valence-corrected chi connectivity index (χ0v) is 11.4. The van der Waals surface area contributed by atoms with Crippen LogP contribution in [-0.4, -0.2) is 12.2 Å². The van der Waals surface area contributed by atoms with Gasteiger partial charge in [0.1, 0.15) is 11.9 Å². The highest BCUT2D eigenvalue weighted by Gasteiger charge is 2.19. The molecule has 1 heterocycles. The van der Waals surface area contributed by atoms with Crippen molar-refractivity contribution in [1.29, 1.82) is 0 Å². The Morgan fingerprint density at radius 1 is 1.05 bits per heavy atom. The highest BCUT2D eigenvalue weighted by Crippen LogP contribution is 2.37. The van der Waals surface area contributed by atoms with Gasteiger partial charge in [0, 0.05) is 10.4 Å². The minimum atomic E-state index is -0.652. The molecule has 0 saturated carbocycles. The first-order valence-electron chi connectivity index (χ1n) is 6.08. The number of thiophene rings is 1. The third kappa shape index (κ3) is 2.11. The number of fused-ring (bicyclic) bond motifs is 1. The van der Waals surface area contributed by atoms with Crippen LogP contribution in [0.4, 0.5) is 0 Å². The molecule has 3 aromatic rings. The van der Waals surface area contributed by atoms with E-state index in [1.54, 1.807) is 18.4 Å². The number of ether oxygens (including phenoxy) is 1. The number of rotatable bonds is 3. The Bertz CT molecular complexity index is 689.